The average Bonchev–Trinajstić information content (AvgIpc) is 2.78. The van der Waals surface area contributed by atoms with Gasteiger partial charge in [0.1, 0.15) is 5.56 Å². The van der Waals surface area contributed by atoms with Crippen molar-refractivity contribution in [2.75, 3.05) is 6.61 Å². The quantitative estimate of drug-likeness (QED) is 0.639. The van der Waals surface area contributed by atoms with Crippen molar-refractivity contribution in [3.63, 3.8) is 0 Å². The molecule has 7 heteroatoms. The maximum atomic E-state index is 11.4. The van der Waals surface area contributed by atoms with Crippen LogP contribution in [0.2, 0.25) is 0 Å². The molecule has 2 rings (SSSR count). The van der Waals surface area contributed by atoms with E-state index < -0.39 is 6.04 Å². The predicted octanol–water partition coefficient (Wildman–Crippen LogP) is -0.583. The third-order valence-electron chi connectivity index (χ3n) is 2.02. The van der Waals surface area contributed by atoms with Gasteiger partial charge in [-0.05, 0) is 0 Å². The van der Waals surface area contributed by atoms with Crippen LogP contribution in [0.5, 0.6) is 0 Å². The molecule has 2 aromatic heterocycles. The number of aromatic nitrogens is 3. The minimum absolute atomic E-state index is 0.0840. The summed E-state index contributed by atoms with van der Waals surface area (Å²) < 4.78 is 4.88. The molecule has 2 heterocycles. The number of hydrogen-bond donors (Lipinski definition) is 3. The van der Waals surface area contributed by atoms with Crippen molar-refractivity contribution in [2.45, 2.75) is 6.04 Å². The van der Waals surface area contributed by atoms with Crippen LogP contribution in [0.3, 0.4) is 0 Å². The van der Waals surface area contributed by atoms with Gasteiger partial charge in [0.25, 0.3) is 5.89 Å². The third-order valence-corrected chi connectivity index (χ3v) is 2.02. The number of aromatic amines is 1. The lowest BCUT2D eigenvalue weighted by molar-refractivity contribution is 0.260. The van der Waals surface area contributed by atoms with Gasteiger partial charge in [-0.15, -0.1) is 0 Å². The Morgan fingerprint density at radius 1 is 1.62 bits per heavy atom. The molecular formula is C9H10N4O3. The van der Waals surface area contributed by atoms with Crippen molar-refractivity contribution in [1.82, 2.24) is 15.1 Å². The van der Waals surface area contributed by atoms with Crippen LogP contribution in [0.1, 0.15) is 11.9 Å². The van der Waals surface area contributed by atoms with E-state index in [0.29, 0.717) is 0 Å². The first-order chi connectivity index (χ1) is 7.72. The van der Waals surface area contributed by atoms with Gasteiger partial charge in [0.05, 0.1) is 12.6 Å². The summed E-state index contributed by atoms with van der Waals surface area (Å²) >= 11 is 0. The normalized spacial score (nSPS) is 12.6. The number of hydrogen-bond acceptors (Lipinski definition) is 6. The van der Waals surface area contributed by atoms with Gasteiger partial charge in [0, 0.05) is 18.5 Å². The second kappa shape index (κ2) is 4.25. The van der Waals surface area contributed by atoms with E-state index in [1.165, 1.54) is 18.5 Å². The molecule has 0 saturated heterocycles. The van der Waals surface area contributed by atoms with Crippen molar-refractivity contribution in [3.8, 4) is 11.5 Å². The van der Waals surface area contributed by atoms with E-state index in [-0.39, 0.29) is 29.3 Å². The van der Waals surface area contributed by atoms with E-state index >= 15 is 0 Å². The van der Waals surface area contributed by atoms with Gasteiger partial charge < -0.3 is 20.3 Å². The number of nitrogens with one attached hydrogen (secondary N) is 1. The summed E-state index contributed by atoms with van der Waals surface area (Å²) in [7, 11) is 0. The highest BCUT2D eigenvalue weighted by atomic mass is 16.5. The molecule has 0 saturated carbocycles. The van der Waals surface area contributed by atoms with Crippen LogP contribution in [0.4, 0.5) is 0 Å². The Morgan fingerprint density at radius 2 is 2.44 bits per heavy atom. The van der Waals surface area contributed by atoms with E-state index in [2.05, 4.69) is 15.1 Å². The van der Waals surface area contributed by atoms with Crippen molar-refractivity contribution >= 4 is 0 Å². The van der Waals surface area contributed by atoms with Crippen LogP contribution < -0.4 is 11.2 Å². The van der Waals surface area contributed by atoms with Crippen LogP contribution in [-0.4, -0.2) is 26.8 Å². The predicted molar refractivity (Wildman–Crippen MR) is 54.4 cm³/mol. The minimum atomic E-state index is -0.708. The number of pyridine rings is 1. The maximum Gasteiger partial charge on any atom is 0.263 e. The van der Waals surface area contributed by atoms with Gasteiger partial charge in [-0.25, -0.2) is 0 Å². The van der Waals surface area contributed by atoms with Crippen LogP contribution in [-0.2, 0) is 0 Å². The third kappa shape index (κ3) is 1.86. The molecule has 0 aliphatic heterocycles. The zero-order valence-corrected chi connectivity index (χ0v) is 8.25. The summed E-state index contributed by atoms with van der Waals surface area (Å²) in [6.07, 6.45) is 2.96. The fourth-order valence-corrected chi connectivity index (χ4v) is 1.16. The summed E-state index contributed by atoms with van der Waals surface area (Å²) in [4.78, 5) is 18.1. The number of nitrogens with zero attached hydrogens (tertiary/aromatic N) is 2. The molecule has 4 N–H and O–H groups in total. The van der Waals surface area contributed by atoms with Gasteiger partial charge in [0.2, 0.25) is 0 Å². The van der Waals surface area contributed by atoms with Crippen LogP contribution in [0, 0.1) is 0 Å². The molecule has 0 aliphatic rings. The van der Waals surface area contributed by atoms with Crippen LogP contribution in [0.15, 0.2) is 27.8 Å². The Balaban J connectivity index is 2.39. The fourth-order valence-electron chi connectivity index (χ4n) is 1.16. The molecular weight excluding hydrogens is 212 g/mol. The standard InChI is InChI=1S/C9H10N4O3/c10-6(4-14)8-12-9(16-13-8)5-3-11-2-1-7(5)15/h1-3,6,14H,4,10H2,(H,11,15). The molecule has 1 atom stereocenters. The highest BCUT2D eigenvalue weighted by Crippen LogP contribution is 2.13. The fraction of sp³-hybridized carbons (Fsp3) is 0.222. The SMILES string of the molecule is NC(CO)c1noc(-c2c[nH]ccc2=O)n1. The first-order valence-electron chi connectivity index (χ1n) is 4.60. The molecule has 1 unspecified atom stereocenters. The summed E-state index contributed by atoms with van der Waals surface area (Å²) in [5.41, 5.74) is 5.54. The molecule has 0 bridgehead atoms. The van der Waals surface area contributed by atoms with E-state index in [1.807, 2.05) is 0 Å². The Bertz CT molecular complexity index is 533. The van der Waals surface area contributed by atoms with Gasteiger partial charge in [0.15, 0.2) is 11.3 Å². The zero-order chi connectivity index (χ0) is 11.5. The van der Waals surface area contributed by atoms with Crippen molar-refractivity contribution in [1.29, 1.82) is 0 Å². The first-order valence-corrected chi connectivity index (χ1v) is 4.60. The van der Waals surface area contributed by atoms with Gasteiger partial charge >= 0.3 is 0 Å². The summed E-state index contributed by atoms with van der Waals surface area (Å²) in [5.74, 6) is 0.251. The monoisotopic (exact) mass is 222 g/mol. The van der Waals surface area contributed by atoms with Crippen molar-refractivity contribution < 1.29 is 9.63 Å². The van der Waals surface area contributed by atoms with Crippen LogP contribution >= 0.6 is 0 Å². The number of rotatable bonds is 3. The minimum Gasteiger partial charge on any atom is -0.394 e. The summed E-state index contributed by atoms with van der Waals surface area (Å²) in [5, 5.41) is 12.4. The topological polar surface area (TPSA) is 118 Å². The van der Waals surface area contributed by atoms with Crippen LogP contribution in [0.25, 0.3) is 11.5 Å². The second-order valence-electron chi connectivity index (χ2n) is 3.17. The Labute approximate surface area is 89.9 Å². The molecule has 0 radical (unpaired) electrons. The Morgan fingerprint density at radius 3 is 3.12 bits per heavy atom. The average molecular weight is 222 g/mol. The first kappa shape index (κ1) is 10.5. The molecule has 84 valence electrons. The summed E-state index contributed by atoms with van der Waals surface area (Å²) in [6.45, 7) is -0.288. The molecule has 0 aromatic carbocycles. The van der Waals surface area contributed by atoms with E-state index in [0.717, 1.165) is 0 Å². The number of H-pyrrole nitrogens is 1. The molecule has 0 amide bonds. The zero-order valence-electron chi connectivity index (χ0n) is 8.25. The molecule has 0 aliphatic carbocycles. The largest absolute Gasteiger partial charge is 0.394 e. The van der Waals surface area contributed by atoms with Gasteiger partial charge in [-0.2, -0.15) is 4.98 Å². The van der Waals surface area contributed by atoms with Gasteiger partial charge in [-0.3, -0.25) is 4.79 Å². The maximum absolute atomic E-state index is 11.4. The molecule has 0 spiro atoms. The molecule has 16 heavy (non-hydrogen) atoms. The van der Waals surface area contributed by atoms with E-state index in [4.69, 9.17) is 15.4 Å². The highest BCUT2D eigenvalue weighted by Gasteiger charge is 2.15. The molecule has 7 nitrogen and oxygen atoms in total. The smallest absolute Gasteiger partial charge is 0.263 e. The highest BCUT2D eigenvalue weighted by molar-refractivity contribution is 5.50. The van der Waals surface area contributed by atoms with E-state index in [1.54, 1.807) is 0 Å². The van der Waals surface area contributed by atoms with Crippen molar-refractivity contribution in [2.24, 2.45) is 5.73 Å². The van der Waals surface area contributed by atoms with Gasteiger partial charge in [-0.1, -0.05) is 5.16 Å². The lowest BCUT2D eigenvalue weighted by Crippen LogP contribution is -2.16. The Hall–Kier alpha value is -1.99. The molecule has 0 fully saturated rings. The second-order valence-corrected chi connectivity index (χ2v) is 3.17. The number of nitrogens with two attached hydrogens (primary N) is 1. The number of aliphatic hydroxyl groups excluding tert-OH is 1. The number of aliphatic hydroxyl groups is 1. The lowest BCUT2D eigenvalue weighted by Gasteiger charge is -1.98. The molecule has 2 aromatic rings. The lowest BCUT2D eigenvalue weighted by atomic mass is 10.2. The van der Waals surface area contributed by atoms with Crippen molar-refractivity contribution in [3.05, 3.63) is 34.5 Å². The Kier molecular flexibility index (Phi) is 2.80. The summed E-state index contributed by atoms with van der Waals surface area (Å²) in [6, 6.07) is 0.644. The van der Waals surface area contributed by atoms with E-state index in [9.17, 15) is 4.79 Å².